The van der Waals surface area contributed by atoms with Crippen LogP contribution in [0.4, 0.5) is 5.69 Å². The standard InChI is InChI=1S/C23H23NO5/c1-4-27-17-9-10-20-18(12-17)15(3)22(29-20)23(26)28-13-21(25)24-14(2)11-16-7-5-6-8-19(16)24/h5-10,12,14H,4,11,13H2,1-3H3. The molecular formula is C23H23NO5. The van der Waals surface area contributed by atoms with Gasteiger partial charge in [-0.05, 0) is 57.0 Å². The van der Waals surface area contributed by atoms with Crippen molar-refractivity contribution in [3.63, 3.8) is 0 Å². The maximum absolute atomic E-state index is 12.7. The number of nitrogens with zero attached hydrogens (tertiary/aromatic N) is 1. The predicted octanol–water partition coefficient (Wildman–Crippen LogP) is 4.27. The second kappa shape index (κ2) is 7.62. The Labute approximate surface area is 169 Å². The van der Waals surface area contributed by atoms with Crippen LogP contribution in [0.25, 0.3) is 11.0 Å². The quantitative estimate of drug-likeness (QED) is 0.606. The zero-order valence-electron chi connectivity index (χ0n) is 16.7. The highest BCUT2D eigenvalue weighted by Gasteiger charge is 2.31. The van der Waals surface area contributed by atoms with E-state index in [0.717, 1.165) is 23.1 Å². The van der Waals surface area contributed by atoms with Gasteiger partial charge >= 0.3 is 5.97 Å². The zero-order valence-corrected chi connectivity index (χ0v) is 16.7. The van der Waals surface area contributed by atoms with Crippen molar-refractivity contribution in [3.05, 3.63) is 59.4 Å². The molecule has 6 heteroatoms. The summed E-state index contributed by atoms with van der Waals surface area (Å²) in [6.45, 7) is 5.90. The van der Waals surface area contributed by atoms with Gasteiger partial charge in [-0.25, -0.2) is 4.79 Å². The van der Waals surface area contributed by atoms with Crippen LogP contribution in [0.15, 0.2) is 46.9 Å². The number of carbonyl (C=O) groups is 2. The van der Waals surface area contributed by atoms with E-state index < -0.39 is 5.97 Å². The molecule has 3 aromatic rings. The number of amides is 1. The van der Waals surface area contributed by atoms with E-state index in [4.69, 9.17) is 13.9 Å². The summed E-state index contributed by atoms with van der Waals surface area (Å²) in [5.74, 6) is -0.0784. The van der Waals surface area contributed by atoms with Crippen molar-refractivity contribution in [1.29, 1.82) is 0 Å². The van der Waals surface area contributed by atoms with Crippen LogP contribution in [0, 0.1) is 6.92 Å². The van der Waals surface area contributed by atoms with Crippen molar-refractivity contribution in [3.8, 4) is 5.75 Å². The Hall–Kier alpha value is -3.28. The number of fused-ring (bicyclic) bond motifs is 2. The van der Waals surface area contributed by atoms with Gasteiger partial charge in [0, 0.05) is 22.7 Å². The van der Waals surface area contributed by atoms with Crippen molar-refractivity contribution >= 4 is 28.5 Å². The molecule has 1 aromatic heterocycles. The molecule has 0 saturated carbocycles. The first-order valence-corrected chi connectivity index (χ1v) is 9.72. The molecule has 1 aliphatic rings. The van der Waals surface area contributed by atoms with Crippen molar-refractivity contribution in [2.24, 2.45) is 0 Å². The van der Waals surface area contributed by atoms with Gasteiger partial charge in [0.2, 0.25) is 5.76 Å². The lowest BCUT2D eigenvalue weighted by Gasteiger charge is -2.22. The summed E-state index contributed by atoms with van der Waals surface area (Å²) >= 11 is 0. The Bertz CT molecular complexity index is 1080. The SMILES string of the molecule is CCOc1ccc2oc(C(=O)OCC(=O)N3c4ccccc4CC3C)c(C)c2c1. The van der Waals surface area contributed by atoms with E-state index in [9.17, 15) is 9.59 Å². The first kappa shape index (κ1) is 19.1. The fraction of sp³-hybridized carbons (Fsp3) is 0.304. The van der Waals surface area contributed by atoms with Crippen molar-refractivity contribution < 1.29 is 23.5 Å². The number of esters is 1. The summed E-state index contributed by atoms with van der Waals surface area (Å²) in [6, 6.07) is 13.2. The highest BCUT2D eigenvalue weighted by atomic mass is 16.5. The number of hydrogen-bond acceptors (Lipinski definition) is 5. The summed E-state index contributed by atoms with van der Waals surface area (Å²) in [5, 5.41) is 0.788. The van der Waals surface area contributed by atoms with Gasteiger partial charge in [0.1, 0.15) is 11.3 Å². The van der Waals surface area contributed by atoms with E-state index in [2.05, 4.69) is 0 Å². The number of ether oxygens (including phenoxy) is 2. The average molecular weight is 393 g/mol. The van der Waals surface area contributed by atoms with Gasteiger partial charge in [0.05, 0.1) is 6.61 Å². The summed E-state index contributed by atoms with van der Waals surface area (Å²) < 4.78 is 16.5. The molecule has 29 heavy (non-hydrogen) atoms. The monoisotopic (exact) mass is 393 g/mol. The highest BCUT2D eigenvalue weighted by molar-refractivity contribution is 6.00. The normalized spacial score (nSPS) is 15.4. The van der Waals surface area contributed by atoms with Crippen LogP contribution >= 0.6 is 0 Å². The van der Waals surface area contributed by atoms with Crippen LogP contribution in [-0.4, -0.2) is 31.1 Å². The number of anilines is 1. The van der Waals surface area contributed by atoms with Gasteiger partial charge in [-0.15, -0.1) is 0 Å². The molecule has 0 spiro atoms. The second-order valence-electron chi connectivity index (χ2n) is 7.17. The highest BCUT2D eigenvalue weighted by Crippen LogP contribution is 2.32. The fourth-order valence-corrected chi connectivity index (χ4v) is 3.86. The molecule has 2 aromatic carbocycles. The molecule has 4 rings (SSSR count). The minimum Gasteiger partial charge on any atom is -0.494 e. The minimum absolute atomic E-state index is 0.0310. The van der Waals surface area contributed by atoms with Crippen LogP contribution in [0.5, 0.6) is 5.75 Å². The lowest BCUT2D eigenvalue weighted by molar-refractivity contribution is -0.122. The molecule has 0 saturated heterocycles. The molecule has 0 bridgehead atoms. The minimum atomic E-state index is -0.648. The van der Waals surface area contributed by atoms with E-state index >= 15 is 0 Å². The molecule has 0 radical (unpaired) electrons. The zero-order chi connectivity index (χ0) is 20.5. The number of rotatable bonds is 5. The van der Waals surface area contributed by atoms with Crippen molar-refractivity contribution in [1.82, 2.24) is 0 Å². The first-order chi connectivity index (χ1) is 14.0. The molecular weight excluding hydrogens is 370 g/mol. The number of carbonyl (C=O) groups excluding carboxylic acids is 2. The summed E-state index contributed by atoms with van der Waals surface area (Å²) in [4.78, 5) is 27.0. The summed E-state index contributed by atoms with van der Waals surface area (Å²) in [7, 11) is 0. The lowest BCUT2D eigenvalue weighted by Crippen LogP contribution is -2.38. The third-order valence-corrected chi connectivity index (χ3v) is 5.21. The summed E-state index contributed by atoms with van der Waals surface area (Å²) in [5.41, 5.74) is 3.24. The molecule has 2 heterocycles. The number of hydrogen-bond donors (Lipinski definition) is 0. The maximum atomic E-state index is 12.7. The van der Waals surface area contributed by atoms with Gasteiger partial charge in [-0.1, -0.05) is 18.2 Å². The number of furan rings is 1. The van der Waals surface area contributed by atoms with Crippen LogP contribution in [0.3, 0.4) is 0 Å². The summed E-state index contributed by atoms with van der Waals surface area (Å²) in [6.07, 6.45) is 0.792. The maximum Gasteiger partial charge on any atom is 0.375 e. The molecule has 1 unspecified atom stereocenters. The number of aryl methyl sites for hydroxylation is 1. The fourth-order valence-electron chi connectivity index (χ4n) is 3.86. The average Bonchev–Trinajstić information content (AvgIpc) is 3.22. The van der Waals surface area contributed by atoms with Gasteiger partial charge in [-0.3, -0.25) is 4.79 Å². The molecule has 0 fully saturated rings. The Kier molecular flexibility index (Phi) is 5.01. The van der Waals surface area contributed by atoms with E-state index in [1.165, 1.54) is 0 Å². The topological polar surface area (TPSA) is 69.0 Å². The van der Waals surface area contributed by atoms with Gasteiger partial charge in [-0.2, -0.15) is 0 Å². The van der Waals surface area contributed by atoms with Crippen LogP contribution < -0.4 is 9.64 Å². The largest absolute Gasteiger partial charge is 0.494 e. The molecule has 150 valence electrons. The molecule has 0 N–H and O–H groups in total. The number of para-hydroxylation sites is 1. The molecule has 0 aliphatic carbocycles. The molecule has 1 atom stereocenters. The molecule has 1 amide bonds. The third-order valence-electron chi connectivity index (χ3n) is 5.21. The van der Waals surface area contributed by atoms with Gasteiger partial charge in [0.25, 0.3) is 5.91 Å². The van der Waals surface area contributed by atoms with Gasteiger partial charge in [0.15, 0.2) is 6.61 Å². The lowest BCUT2D eigenvalue weighted by atomic mass is 10.1. The smallest absolute Gasteiger partial charge is 0.375 e. The predicted molar refractivity (Wildman–Crippen MR) is 109 cm³/mol. The Balaban J connectivity index is 1.49. The second-order valence-corrected chi connectivity index (χ2v) is 7.17. The van der Waals surface area contributed by atoms with Crippen molar-refractivity contribution in [2.45, 2.75) is 33.2 Å². The van der Waals surface area contributed by atoms with Crippen LogP contribution in [0.2, 0.25) is 0 Å². The van der Waals surface area contributed by atoms with Crippen molar-refractivity contribution in [2.75, 3.05) is 18.1 Å². The third kappa shape index (κ3) is 3.46. The number of benzene rings is 2. The van der Waals surface area contributed by atoms with E-state index in [-0.39, 0.29) is 24.3 Å². The Morgan fingerprint density at radius 1 is 1.21 bits per heavy atom. The van der Waals surface area contributed by atoms with Crippen LogP contribution in [-0.2, 0) is 16.0 Å². The first-order valence-electron chi connectivity index (χ1n) is 9.72. The Morgan fingerprint density at radius 2 is 2.00 bits per heavy atom. The van der Waals surface area contributed by atoms with E-state index in [1.807, 2.05) is 44.2 Å². The molecule has 6 nitrogen and oxygen atoms in total. The van der Waals surface area contributed by atoms with E-state index in [1.54, 1.807) is 24.0 Å². The van der Waals surface area contributed by atoms with Gasteiger partial charge < -0.3 is 18.8 Å². The molecule has 1 aliphatic heterocycles. The Morgan fingerprint density at radius 3 is 2.79 bits per heavy atom. The van der Waals surface area contributed by atoms with Crippen LogP contribution in [0.1, 0.15) is 35.5 Å². The van der Waals surface area contributed by atoms with E-state index in [0.29, 0.717) is 23.5 Å².